The molecule has 0 aliphatic rings. The molecule has 4 aromatic rings. The molecule has 2 heterocycles. The second kappa shape index (κ2) is 6.80. The minimum atomic E-state index is -4.65. The third-order valence-electron chi connectivity index (χ3n) is 4.38. The van der Waals surface area contributed by atoms with Gasteiger partial charge in [0.15, 0.2) is 5.82 Å². The zero-order valence-corrected chi connectivity index (χ0v) is 14.6. The Morgan fingerprint density at radius 1 is 1.07 bits per heavy atom. The highest BCUT2D eigenvalue weighted by Gasteiger charge is 2.36. The van der Waals surface area contributed by atoms with Crippen LogP contribution in [-0.4, -0.2) is 14.7 Å². The summed E-state index contributed by atoms with van der Waals surface area (Å²) in [7, 11) is 0. The van der Waals surface area contributed by atoms with Gasteiger partial charge in [0.05, 0.1) is 35.4 Å². The normalized spacial score (nSPS) is 11.3. The molecule has 0 radical (unpaired) electrons. The van der Waals surface area contributed by atoms with E-state index in [2.05, 4.69) is 10.1 Å². The van der Waals surface area contributed by atoms with Gasteiger partial charge >= 0.3 is 6.18 Å². The number of hydrogen-bond donors (Lipinski definition) is 0. The zero-order valence-electron chi connectivity index (χ0n) is 14.6. The highest BCUT2D eigenvalue weighted by Crippen LogP contribution is 2.37. The predicted molar refractivity (Wildman–Crippen MR) is 95.2 cm³/mol. The molecule has 0 atom stereocenters. The lowest BCUT2D eigenvalue weighted by Crippen LogP contribution is -2.09. The van der Waals surface area contributed by atoms with Crippen molar-refractivity contribution in [2.24, 2.45) is 0 Å². The van der Waals surface area contributed by atoms with Crippen LogP contribution in [0.3, 0.4) is 0 Å². The maximum absolute atomic E-state index is 13.4. The Bertz CT molecular complexity index is 1300. The molecule has 0 bridgehead atoms. The van der Waals surface area contributed by atoms with Crippen LogP contribution in [0.4, 0.5) is 13.2 Å². The number of alkyl halides is 3. The molecule has 0 unspecified atom stereocenters. The van der Waals surface area contributed by atoms with Crippen LogP contribution in [0.1, 0.15) is 22.5 Å². The van der Waals surface area contributed by atoms with Crippen molar-refractivity contribution in [3.05, 3.63) is 71.2 Å². The number of rotatable bonds is 3. The van der Waals surface area contributed by atoms with Gasteiger partial charge in [0.25, 0.3) is 5.89 Å². The van der Waals surface area contributed by atoms with E-state index in [-0.39, 0.29) is 23.6 Å². The van der Waals surface area contributed by atoms with E-state index in [0.29, 0.717) is 16.6 Å². The maximum atomic E-state index is 13.4. The van der Waals surface area contributed by atoms with Crippen molar-refractivity contribution in [1.29, 1.82) is 10.5 Å². The Balaban J connectivity index is 1.70. The number of halogens is 3. The van der Waals surface area contributed by atoms with Gasteiger partial charge in [-0.1, -0.05) is 11.2 Å². The third kappa shape index (κ3) is 3.30. The van der Waals surface area contributed by atoms with E-state index in [1.165, 1.54) is 18.3 Å². The average Bonchev–Trinajstić information content (AvgIpc) is 3.34. The van der Waals surface area contributed by atoms with Crippen molar-refractivity contribution < 1.29 is 17.7 Å². The average molecular weight is 393 g/mol. The topological polar surface area (TPSA) is 91.4 Å². The smallest absolute Gasteiger partial charge is 0.340 e. The van der Waals surface area contributed by atoms with Gasteiger partial charge in [-0.05, 0) is 36.4 Å². The van der Waals surface area contributed by atoms with Crippen molar-refractivity contribution in [1.82, 2.24) is 14.7 Å². The van der Waals surface area contributed by atoms with E-state index in [4.69, 9.17) is 15.0 Å². The molecule has 0 aliphatic carbocycles. The fourth-order valence-corrected chi connectivity index (χ4v) is 3.12. The minimum absolute atomic E-state index is 0.0676. The molecule has 0 spiro atoms. The van der Waals surface area contributed by atoms with Crippen LogP contribution in [0.25, 0.3) is 22.4 Å². The first-order chi connectivity index (χ1) is 13.9. The van der Waals surface area contributed by atoms with E-state index >= 15 is 0 Å². The molecular formula is C20H10F3N5O. The van der Waals surface area contributed by atoms with Gasteiger partial charge in [0.1, 0.15) is 0 Å². The summed E-state index contributed by atoms with van der Waals surface area (Å²) in [6, 6.07) is 14.2. The number of benzene rings is 2. The molecule has 4 rings (SSSR count). The molecule has 142 valence electrons. The van der Waals surface area contributed by atoms with E-state index in [9.17, 15) is 13.2 Å². The van der Waals surface area contributed by atoms with Crippen molar-refractivity contribution in [3.63, 3.8) is 0 Å². The lowest BCUT2D eigenvalue weighted by molar-refractivity contribution is -0.136. The lowest BCUT2D eigenvalue weighted by atomic mass is 10.0. The molecule has 0 saturated heterocycles. The molecule has 0 fully saturated rings. The largest absolute Gasteiger partial charge is 0.418 e. The Morgan fingerprint density at radius 2 is 1.90 bits per heavy atom. The monoisotopic (exact) mass is 393 g/mol. The number of aromatic nitrogens is 3. The lowest BCUT2D eigenvalue weighted by Gasteiger charge is -2.11. The van der Waals surface area contributed by atoms with E-state index in [0.717, 1.165) is 6.07 Å². The molecule has 9 heteroatoms. The van der Waals surface area contributed by atoms with Crippen LogP contribution < -0.4 is 0 Å². The van der Waals surface area contributed by atoms with Crippen LogP contribution in [0.2, 0.25) is 0 Å². The number of hydrogen-bond acceptors (Lipinski definition) is 5. The standard InChI is InChI=1S/C20H10F3N5O/c21-20(22,23)18-14(10-25)4-5-16-15(18)6-7-28(16)11-17-26-19(29-27-17)13-3-1-2-12(8-13)9-24/h1-8H,11H2. The van der Waals surface area contributed by atoms with Crippen molar-refractivity contribution in [3.8, 4) is 23.6 Å². The van der Waals surface area contributed by atoms with Gasteiger partial charge in [-0.15, -0.1) is 0 Å². The second-order valence-corrected chi connectivity index (χ2v) is 6.18. The van der Waals surface area contributed by atoms with Crippen LogP contribution in [-0.2, 0) is 12.7 Å². The highest BCUT2D eigenvalue weighted by molar-refractivity contribution is 5.86. The van der Waals surface area contributed by atoms with E-state index in [1.54, 1.807) is 34.9 Å². The summed E-state index contributed by atoms with van der Waals surface area (Å²) in [4.78, 5) is 4.26. The van der Waals surface area contributed by atoms with Crippen LogP contribution in [0.5, 0.6) is 0 Å². The number of nitrogens with zero attached hydrogens (tertiary/aromatic N) is 5. The SMILES string of the molecule is N#Cc1cccc(-c2nc(Cn3ccc4c(C(F)(F)F)c(C#N)ccc43)no2)c1. The quantitative estimate of drug-likeness (QED) is 0.511. The molecule has 2 aromatic heterocycles. The van der Waals surface area contributed by atoms with Crippen LogP contribution >= 0.6 is 0 Å². The van der Waals surface area contributed by atoms with Crippen molar-refractivity contribution >= 4 is 10.9 Å². The first-order valence-electron chi connectivity index (χ1n) is 8.33. The third-order valence-corrected chi connectivity index (χ3v) is 4.38. The Kier molecular flexibility index (Phi) is 4.29. The first kappa shape index (κ1) is 18.3. The zero-order chi connectivity index (χ0) is 20.6. The summed E-state index contributed by atoms with van der Waals surface area (Å²) in [5.41, 5.74) is -0.0840. The number of fused-ring (bicyclic) bond motifs is 1. The molecule has 6 nitrogen and oxygen atoms in total. The minimum Gasteiger partial charge on any atom is -0.340 e. The van der Waals surface area contributed by atoms with Gasteiger partial charge in [-0.2, -0.15) is 28.7 Å². The molecule has 0 amide bonds. The Labute approximate surface area is 162 Å². The summed E-state index contributed by atoms with van der Waals surface area (Å²) in [6.07, 6.45) is -3.17. The summed E-state index contributed by atoms with van der Waals surface area (Å²) < 4.78 is 47.1. The Hall–Kier alpha value is -4.11. The molecule has 0 saturated carbocycles. The van der Waals surface area contributed by atoms with Gasteiger partial charge in [0, 0.05) is 22.7 Å². The van der Waals surface area contributed by atoms with Crippen LogP contribution in [0, 0.1) is 22.7 Å². The van der Waals surface area contributed by atoms with Gasteiger partial charge in [-0.3, -0.25) is 0 Å². The summed E-state index contributed by atoms with van der Waals surface area (Å²) >= 11 is 0. The van der Waals surface area contributed by atoms with E-state index in [1.807, 2.05) is 6.07 Å². The molecule has 2 aromatic carbocycles. The fraction of sp³-hybridized carbons (Fsp3) is 0.100. The molecular weight excluding hydrogens is 383 g/mol. The molecule has 0 aliphatic heterocycles. The fourth-order valence-electron chi connectivity index (χ4n) is 3.12. The van der Waals surface area contributed by atoms with Crippen LogP contribution in [0.15, 0.2) is 53.2 Å². The highest BCUT2D eigenvalue weighted by atomic mass is 19.4. The van der Waals surface area contributed by atoms with Gasteiger partial charge in [-0.25, -0.2) is 0 Å². The summed E-state index contributed by atoms with van der Waals surface area (Å²) in [5, 5.41) is 21.8. The van der Waals surface area contributed by atoms with Gasteiger partial charge < -0.3 is 9.09 Å². The molecule has 29 heavy (non-hydrogen) atoms. The Morgan fingerprint density at radius 3 is 2.62 bits per heavy atom. The summed E-state index contributed by atoms with van der Waals surface area (Å²) in [5.74, 6) is 0.467. The summed E-state index contributed by atoms with van der Waals surface area (Å²) in [6.45, 7) is 0.0775. The number of nitriles is 2. The van der Waals surface area contributed by atoms with Crippen molar-refractivity contribution in [2.45, 2.75) is 12.7 Å². The van der Waals surface area contributed by atoms with Crippen molar-refractivity contribution in [2.75, 3.05) is 0 Å². The maximum Gasteiger partial charge on any atom is 0.418 e. The second-order valence-electron chi connectivity index (χ2n) is 6.18. The molecule has 0 N–H and O–H groups in total. The first-order valence-corrected chi connectivity index (χ1v) is 8.33. The predicted octanol–water partition coefficient (Wildman–Crippen LogP) is 4.50. The van der Waals surface area contributed by atoms with E-state index < -0.39 is 17.3 Å². The van der Waals surface area contributed by atoms with Gasteiger partial charge in [0.2, 0.25) is 0 Å².